The van der Waals surface area contributed by atoms with E-state index in [2.05, 4.69) is 33.4 Å². The van der Waals surface area contributed by atoms with Crippen molar-refractivity contribution >= 4 is 39.5 Å². The molecule has 0 saturated heterocycles. The van der Waals surface area contributed by atoms with Crippen molar-refractivity contribution in [2.24, 2.45) is 0 Å². The first-order chi connectivity index (χ1) is 14.8. The van der Waals surface area contributed by atoms with E-state index in [9.17, 15) is 9.59 Å². The summed E-state index contributed by atoms with van der Waals surface area (Å²) in [6, 6.07) is 15.9. The Balaban J connectivity index is 2.12. The first-order valence-electron chi connectivity index (χ1n) is 10.8. The average molecular weight is 506 g/mol. The van der Waals surface area contributed by atoms with Crippen LogP contribution in [0.3, 0.4) is 0 Å². The Morgan fingerprint density at radius 2 is 1.61 bits per heavy atom. The zero-order chi connectivity index (χ0) is 22.8. The number of hydrogen-bond donors (Lipinski definition) is 1. The lowest BCUT2D eigenvalue weighted by Crippen LogP contribution is -2.51. The Morgan fingerprint density at radius 1 is 1.00 bits per heavy atom. The van der Waals surface area contributed by atoms with Crippen molar-refractivity contribution in [3.8, 4) is 0 Å². The summed E-state index contributed by atoms with van der Waals surface area (Å²) in [7, 11) is 0. The third kappa shape index (κ3) is 8.34. The molecule has 0 bridgehead atoms. The van der Waals surface area contributed by atoms with Gasteiger partial charge >= 0.3 is 0 Å². The van der Waals surface area contributed by atoms with Crippen LogP contribution in [0.1, 0.15) is 50.3 Å². The highest BCUT2D eigenvalue weighted by atomic mass is 79.9. The van der Waals surface area contributed by atoms with Crippen LogP contribution in [0.5, 0.6) is 0 Å². The van der Waals surface area contributed by atoms with Crippen molar-refractivity contribution in [1.29, 1.82) is 0 Å². The molecular weight excluding hydrogens is 472 g/mol. The number of amides is 2. The SMILES string of the molecule is CC[C@@H](C)NC(=O)[C@H](CC)N(Cc1ccc(C)cc1)C(=O)CSCc1ccc(Br)cc1. The number of halogens is 1. The lowest BCUT2D eigenvalue weighted by Gasteiger charge is -2.31. The molecule has 0 saturated carbocycles. The van der Waals surface area contributed by atoms with Gasteiger partial charge in [-0.3, -0.25) is 9.59 Å². The number of rotatable bonds is 11. The van der Waals surface area contributed by atoms with E-state index in [0.29, 0.717) is 18.7 Å². The maximum Gasteiger partial charge on any atom is 0.243 e. The van der Waals surface area contributed by atoms with E-state index in [-0.39, 0.29) is 17.9 Å². The van der Waals surface area contributed by atoms with Crippen LogP contribution in [0.15, 0.2) is 53.0 Å². The van der Waals surface area contributed by atoms with Gasteiger partial charge in [0, 0.05) is 22.8 Å². The van der Waals surface area contributed by atoms with Crippen molar-refractivity contribution < 1.29 is 9.59 Å². The number of aryl methyl sites for hydroxylation is 1. The second-order valence-electron chi connectivity index (χ2n) is 7.87. The van der Waals surface area contributed by atoms with Gasteiger partial charge in [-0.25, -0.2) is 0 Å². The number of nitrogens with zero attached hydrogens (tertiary/aromatic N) is 1. The van der Waals surface area contributed by atoms with E-state index >= 15 is 0 Å². The highest BCUT2D eigenvalue weighted by molar-refractivity contribution is 9.10. The zero-order valence-corrected chi connectivity index (χ0v) is 21.3. The molecule has 6 heteroatoms. The van der Waals surface area contributed by atoms with E-state index in [0.717, 1.165) is 22.2 Å². The number of carbonyl (C=O) groups excluding carboxylic acids is 2. The summed E-state index contributed by atoms with van der Waals surface area (Å²) in [6.45, 7) is 8.47. The van der Waals surface area contributed by atoms with Crippen LogP contribution in [-0.4, -0.2) is 34.6 Å². The molecule has 2 rings (SSSR count). The summed E-state index contributed by atoms with van der Waals surface area (Å²) in [5, 5.41) is 3.05. The molecule has 0 aliphatic rings. The predicted molar refractivity (Wildman–Crippen MR) is 134 cm³/mol. The molecule has 2 aromatic carbocycles. The zero-order valence-electron chi connectivity index (χ0n) is 18.9. The first-order valence-corrected chi connectivity index (χ1v) is 12.8. The molecule has 0 heterocycles. The fourth-order valence-corrected chi connectivity index (χ4v) is 4.31. The normalized spacial score (nSPS) is 12.8. The number of benzene rings is 2. The smallest absolute Gasteiger partial charge is 0.243 e. The molecule has 0 aliphatic heterocycles. The van der Waals surface area contributed by atoms with Gasteiger partial charge in [-0.15, -0.1) is 11.8 Å². The van der Waals surface area contributed by atoms with Crippen LogP contribution in [0.25, 0.3) is 0 Å². The molecule has 1 N–H and O–H groups in total. The minimum Gasteiger partial charge on any atom is -0.352 e. The van der Waals surface area contributed by atoms with Gasteiger partial charge in [-0.2, -0.15) is 0 Å². The van der Waals surface area contributed by atoms with E-state index in [1.807, 2.05) is 64.1 Å². The van der Waals surface area contributed by atoms with Crippen molar-refractivity contribution in [1.82, 2.24) is 10.2 Å². The van der Waals surface area contributed by atoms with Crippen LogP contribution in [0.2, 0.25) is 0 Å². The van der Waals surface area contributed by atoms with Gasteiger partial charge < -0.3 is 10.2 Å². The average Bonchev–Trinajstić information content (AvgIpc) is 2.76. The minimum atomic E-state index is -0.476. The Morgan fingerprint density at radius 3 is 2.19 bits per heavy atom. The molecule has 0 fully saturated rings. The number of carbonyl (C=O) groups is 2. The Bertz CT molecular complexity index is 840. The molecule has 4 nitrogen and oxygen atoms in total. The number of hydrogen-bond acceptors (Lipinski definition) is 3. The standard InChI is InChI=1S/C25H33BrN2O2S/c1-5-19(4)27-25(30)23(6-2)28(15-20-9-7-18(3)8-10-20)24(29)17-31-16-21-11-13-22(26)14-12-21/h7-14,19,23H,5-6,15-17H2,1-4H3,(H,27,30)/t19-,23+/m1/s1. The molecular formula is C25H33BrN2O2S. The van der Waals surface area contributed by atoms with Crippen LogP contribution >= 0.6 is 27.7 Å². The van der Waals surface area contributed by atoms with Gasteiger partial charge in [0.1, 0.15) is 6.04 Å². The summed E-state index contributed by atoms with van der Waals surface area (Å²) in [5.41, 5.74) is 3.38. The van der Waals surface area contributed by atoms with Gasteiger partial charge in [0.2, 0.25) is 11.8 Å². The van der Waals surface area contributed by atoms with Crippen LogP contribution in [0, 0.1) is 6.92 Å². The van der Waals surface area contributed by atoms with E-state index in [1.165, 1.54) is 11.1 Å². The lowest BCUT2D eigenvalue weighted by molar-refractivity contribution is -0.139. The molecule has 2 atom stereocenters. The Labute approximate surface area is 199 Å². The van der Waals surface area contributed by atoms with Crippen LogP contribution in [0.4, 0.5) is 0 Å². The molecule has 31 heavy (non-hydrogen) atoms. The highest BCUT2D eigenvalue weighted by Gasteiger charge is 2.29. The van der Waals surface area contributed by atoms with E-state index < -0.39 is 6.04 Å². The van der Waals surface area contributed by atoms with Gasteiger partial charge in [0.25, 0.3) is 0 Å². The van der Waals surface area contributed by atoms with Gasteiger partial charge in [0.15, 0.2) is 0 Å². The summed E-state index contributed by atoms with van der Waals surface area (Å²) < 4.78 is 1.04. The fraction of sp³-hybridized carbons (Fsp3) is 0.440. The highest BCUT2D eigenvalue weighted by Crippen LogP contribution is 2.19. The second kappa shape index (κ2) is 12.9. The summed E-state index contributed by atoms with van der Waals surface area (Å²) in [4.78, 5) is 27.9. The van der Waals surface area contributed by atoms with Crippen molar-refractivity contribution in [2.75, 3.05) is 5.75 Å². The topological polar surface area (TPSA) is 49.4 Å². The van der Waals surface area contributed by atoms with Gasteiger partial charge in [-0.05, 0) is 49.9 Å². The molecule has 0 aromatic heterocycles. The van der Waals surface area contributed by atoms with Crippen molar-refractivity contribution in [3.05, 3.63) is 69.7 Å². The van der Waals surface area contributed by atoms with E-state index in [4.69, 9.17) is 0 Å². The Kier molecular flexibility index (Phi) is 10.6. The van der Waals surface area contributed by atoms with Gasteiger partial charge in [-0.1, -0.05) is 71.7 Å². The first kappa shape index (κ1) is 25.5. The fourth-order valence-electron chi connectivity index (χ4n) is 3.17. The molecule has 2 aromatic rings. The minimum absolute atomic E-state index is 0.00571. The quantitative estimate of drug-likeness (QED) is 0.426. The molecule has 0 unspecified atom stereocenters. The lowest BCUT2D eigenvalue weighted by atomic mass is 10.1. The molecule has 0 aliphatic carbocycles. The number of nitrogens with one attached hydrogen (secondary N) is 1. The molecule has 0 spiro atoms. The summed E-state index contributed by atoms with van der Waals surface area (Å²) >= 11 is 5.03. The summed E-state index contributed by atoms with van der Waals surface area (Å²) in [5.74, 6) is 1.02. The molecule has 168 valence electrons. The van der Waals surface area contributed by atoms with Crippen LogP contribution in [-0.2, 0) is 21.9 Å². The van der Waals surface area contributed by atoms with Crippen LogP contribution < -0.4 is 5.32 Å². The van der Waals surface area contributed by atoms with Crippen molar-refractivity contribution in [2.45, 2.75) is 64.9 Å². The second-order valence-corrected chi connectivity index (χ2v) is 9.77. The Hall–Kier alpha value is -1.79. The maximum atomic E-state index is 13.2. The van der Waals surface area contributed by atoms with Crippen molar-refractivity contribution in [3.63, 3.8) is 0 Å². The van der Waals surface area contributed by atoms with E-state index in [1.54, 1.807) is 16.7 Å². The summed E-state index contributed by atoms with van der Waals surface area (Å²) in [6.07, 6.45) is 1.44. The predicted octanol–water partition coefficient (Wildman–Crippen LogP) is 5.71. The largest absolute Gasteiger partial charge is 0.352 e. The monoisotopic (exact) mass is 504 g/mol. The maximum absolute atomic E-state index is 13.2. The molecule has 0 radical (unpaired) electrons. The number of thioether (sulfide) groups is 1. The van der Waals surface area contributed by atoms with Gasteiger partial charge in [0.05, 0.1) is 5.75 Å². The third-order valence-corrected chi connectivity index (χ3v) is 6.79. The third-order valence-electron chi connectivity index (χ3n) is 5.27. The molecule has 2 amide bonds.